The zero-order chi connectivity index (χ0) is 18.3. The van der Waals surface area contributed by atoms with Crippen molar-refractivity contribution in [1.29, 1.82) is 0 Å². The number of ether oxygens (including phenoxy) is 1. The Hall–Kier alpha value is -1.31. The minimum absolute atomic E-state index is 0. The van der Waals surface area contributed by atoms with Crippen LogP contribution in [0.1, 0.15) is 37.8 Å². The van der Waals surface area contributed by atoms with Gasteiger partial charge in [-0.2, -0.15) is 0 Å². The molecule has 0 fully saturated rings. The second-order valence-corrected chi connectivity index (χ2v) is 8.45. The Labute approximate surface area is 156 Å². The standard InChI is InChI=1S/C17H28N2O4S.ClH/c1-5-13(3)23-16-10-12(2)6-7-14(16)11-19-17(20)15(18)8-9-24(4,21)22;/h6-7,10,13,15H,5,8-9,11,18H2,1-4H3,(H,19,20);1H. The topological polar surface area (TPSA) is 98.5 Å². The predicted molar refractivity (Wildman–Crippen MR) is 103 cm³/mol. The fourth-order valence-corrected chi connectivity index (χ4v) is 2.69. The number of nitrogens with one attached hydrogen (secondary N) is 1. The van der Waals surface area contributed by atoms with Crippen molar-refractivity contribution >= 4 is 28.2 Å². The fourth-order valence-electron chi connectivity index (χ4n) is 2.00. The van der Waals surface area contributed by atoms with E-state index in [0.717, 1.165) is 29.6 Å². The minimum atomic E-state index is -3.13. The molecule has 0 aliphatic rings. The molecular weight excluding hydrogens is 364 g/mol. The number of hydrogen-bond acceptors (Lipinski definition) is 5. The Morgan fingerprint density at radius 1 is 1.36 bits per heavy atom. The first-order valence-electron chi connectivity index (χ1n) is 8.09. The first kappa shape index (κ1) is 23.7. The predicted octanol–water partition coefficient (Wildman–Crippen LogP) is 1.97. The monoisotopic (exact) mass is 392 g/mol. The normalized spacial score (nSPS) is 13.5. The van der Waals surface area contributed by atoms with Crippen molar-refractivity contribution in [1.82, 2.24) is 5.32 Å². The minimum Gasteiger partial charge on any atom is -0.490 e. The Morgan fingerprint density at radius 3 is 2.56 bits per heavy atom. The van der Waals surface area contributed by atoms with Gasteiger partial charge in [-0.15, -0.1) is 12.4 Å². The maximum Gasteiger partial charge on any atom is 0.237 e. The molecule has 6 nitrogen and oxygen atoms in total. The van der Waals surface area contributed by atoms with E-state index < -0.39 is 15.9 Å². The summed E-state index contributed by atoms with van der Waals surface area (Å²) >= 11 is 0. The third kappa shape index (κ3) is 9.09. The number of rotatable bonds is 9. The summed E-state index contributed by atoms with van der Waals surface area (Å²) < 4.78 is 28.2. The van der Waals surface area contributed by atoms with Crippen LogP contribution in [0.2, 0.25) is 0 Å². The molecule has 0 spiro atoms. The number of amides is 1. The smallest absolute Gasteiger partial charge is 0.237 e. The van der Waals surface area contributed by atoms with Crippen LogP contribution >= 0.6 is 12.4 Å². The van der Waals surface area contributed by atoms with Crippen molar-refractivity contribution in [2.45, 2.75) is 52.3 Å². The summed E-state index contributed by atoms with van der Waals surface area (Å²) in [7, 11) is -3.13. The van der Waals surface area contributed by atoms with E-state index in [9.17, 15) is 13.2 Å². The molecule has 1 amide bonds. The van der Waals surface area contributed by atoms with Gasteiger partial charge in [0, 0.05) is 18.4 Å². The molecule has 144 valence electrons. The molecular formula is C17H29ClN2O4S. The van der Waals surface area contributed by atoms with E-state index in [-0.39, 0.29) is 43.1 Å². The molecule has 0 heterocycles. The molecule has 1 rings (SSSR count). The summed E-state index contributed by atoms with van der Waals surface area (Å²) in [5.74, 6) is 0.275. The molecule has 1 aromatic carbocycles. The molecule has 0 aliphatic carbocycles. The Bertz CT molecular complexity index is 665. The van der Waals surface area contributed by atoms with Gasteiger partial charge in [0.1, 0.15) is 15.6 Å². The van der Waals surface area contributed by atoms with Gasteiger partial charge in [-0.3, -0.25) is 4.79 Å². The van der Waals surface area contributed by atoms with Gasteiger partial charge >= 0.3 is 0 Å². The van der Waals surface area contributed by atoms with Crippen molar-refractivity contribution in [3.05, 3.63) is 29.3 Å². The van der Waals surface area contributed by atoms with Gasteiger partial charge in [0.2, 0.25) is 5.91 Å². The number of nitrogens with two attached hydrogens (primary N) is 1. The van der Waals surface area contributed by atoms with Crippen molar-refractivity contribution in [2.75, 3.05) is 12.0 Å². The van der Waals surface area contributed by atoms with Crippen LogP contribution in [0.4, 0.5) is 0 Å². The second-order valence-electron chi connectivity index (χ2n) is 6.19. The highest BCUT2D eigenvalue weighted by atomic mass is 35.5. The summed E-state index contributed by atoms with van der Waals surface area (Å²) in [5, 5.41) is 2.75. The number of carbonyl (C=O) groups is 1. The lowest BCUT2D eigenvalue weighted by Gasteiger charge is -2.18. The molecule has 0 radical (unpaired) electrons. The molecule has 8 heteroatoms. The SMILES string of the molecule is CCC(C)Oc1cc(C)ccc1CNC(=O)C(N)CCS(C)(=O)=O.Cl. The molecule has 0 saturated heterocycles. The molecule has 0 saturated carbocycles. The molecule has 0 aromatic heterocycles. The average Bonchev–Trinajstić information content (AvgIpc) is 2.50. The van der Waals surface area contributed by atoms with Gasteiger partial charge in [0.25, 0.3) is 0 Å². The molecule has 2 atom stereocenters. The highest BCUT2D eigenvalue weighted by Crippen LogP contribution is 2.22. The van der Waals surface area contributed by atoms with Crippen LogP contribution in [0, 0.1) is 6.92 Å². The number of benzene rings is 1. The van der Waals surface area contributed by atoms with E-state index in [1.165, 1.54) is 0 Å². The second kappa shape index (κ2) is 10.6. The number of aryl methyl sites for hydroxylation is 1. The fraction of sp³-hybridized carbons (Fsp3) is 0.588. The Balaban J connectivity index is 0.00000576. The van der Waals surface area contributed by atoms with Crippen molar-refractivity contribution < 1.29 is 17.9 Å². The summed E-state index contributed by atoms with van der Waals surface area (Å²) in [6, 6.07) is 4.96. The molecule has 25 heavy (non-hydrogen) atoms. The van der Waals surface area contributed by atoms with Crippen LogP contribution in [0.15, 0.2) is 18.2 Å². The van der Waals surface area contributed by atoms with Gasteiger partial charge < -0.3 is 15.8 Å². The number of hydrogen-bond donors (Lipinski definition) is 2. The van der Waals surface area contributed by atoms with Crippen molar-refractivity contribution in [3.8, 4) is 5.75 Å². The highest BCUT2D eigenvalue weighted by Gasteiger charge is 2.16. The van der Waals surface area contributed by atoms with E-state index in [4.69, 9.17) is 10.5 Å². The molecule has 0 aliphatic heterocycles. The molecule has 2 unspecified atom stereocenters. The third-order valence-electron chi connectivity index (χ3n) is 3.72. The summed E-state index contributed by atoms with van der Waals surface area (Å²) in [6.45, 7) is 6.30. The molecule has 3 N–H and O–H groups in total. The largest absolute Gasteiger partial charge is 0.490 e. The van der Waals surface area contributed by atoms with E-state index in [1.807, 2.05) is 39.0 Å². The molecule has 0 bridgehead atoms. The zero-order valence-corrected chi connectivity index (χ0v) is 16.9. The first-order valence-corrected chi connectivity index (χ1v) is 10.2. The van der Waals surface area contributed by atoms with Crippen LogP contribution in [-0.2, 0) is 21.2 Å². The van der Waals surface area contributed by atoms with Gasteiger partial charge in [-0.25, -0.2) is 8.42 Å². The number of sulfone groups is 1. The highest BCUT2D eigenvalue weighted by molar-refractivity contribution is 7.90. The third-order valence-corrected chi connectivity index (χ3v) is 4.69. The average molecular weight is 393 g/mol. The van der Waals surface area contributed by atoms with Gasteiger partial charge in [-0.05, 0) is 38.3 Å². The van der Waals surface area contributed by atoms with Crippen LogP contribution in [0.3, 0.4) is 0 Å². The Morgan fingerprint density at radius 2 is 2.00 bits per heavy atom. The van der Waals surface area contributed by atoms with Gasteiger partial charge in [0.15, 0.2) is 0 Å². The summed E-state index contributed by atoms with van der Waals surface area (Å²) in [4.78, 5) is 12.0. The lowest BCUT2D eigenvalue weighted by molar-refractivity contribution is -0.122. The van der Waals surface area contributed by atoms with E-state index in [2.05, 4.69) is 5.32 Å². The van der Waals surface area contributed by atoms with Crippen LogP contribution in [0.5, 0.6) is 5.75 Å². The first-order chi connectivity index (χ1) is 11.1. The van der Waals surface area contributed by atoms with Gasteiger partial charge in [0.05, 0.1) is 17.9 Å². The maximum absolute atomic E-state index is 12.0. The zero-order valence-electron chi connectivity index (χ0n) is 15.2. The van der Waals surface area contributed by atoms with Gasteiger partial charge in [-0.1, -0.05) is 19.1 Å². The molecule has 1 aromatic rings. The van der Waals surface area contributed by atoms with E-state index in [0.29, 0.717) is 0 Å². The van der Waals surface area contributed by atoms with E-state index >= 15 is 0 Å². The van der Waals surface area contributed by atoms with Crippen LogP contribution < -0.4 is 15.8 Å². The number of halogens is 1. The lowest BCUT2D eigenvalue weighted by Crippen LogP contribution is -2.41. The van der Waals surface area contributed by atoms with Crippen LogP contribution in [-0.4, -0.2) is 38.5 Å². The lowest BCUT2D eigenvalue weighted by atomic mass is 10.1. The van der Waals surface area contributed by atoms with E-state index in [1.54, 1.807) is 0 Å². The quantitative estimate of drug-likeness (QED) is 0.669. The van der Waals surface area contributed by atoms with Crippen molar-refractivity contribution in [2.24, 2.45) is 5.73 Å². The summed E-state index contributed by atoms with van der Waals surface area (Å²) in [6.07, 6.45) is 2.20. The van der Waals surface area contributed by atoms with Crippen LogP contribution in [0.25, 0.3) is 0 Å². The maximum atomic E-state index is 12.0. The van der Waals surface area contributed by atoms with Crippen molar-refractivity contribution in [3.63, 3.8) is 0 Å². The summed E-state index contributed by atoms with van der Waals surface area (Å²) in [5.41, 5.74) is 7.69. The Kier molecular flexibility index (Phi) is 10.1. The number of carbonyl (C=O) groups excluding carboxylic acids is 1.